The van der Waals surface area contributed by atoms with Gasteiger partial charge in [0, 0.05) is 17.6 Å². The van der Waals surface area contributed by atoms with Crippen molar-refractivity contribution in [2.24, 2.45) is 5.73 Å². The fraction of sp³-hybridized carbons (Fsp3) is 0.500. The average molecular weight is 277 g/mol. The summed E-state index contributed by atoms with van der Waals surface area (Å²) >= 11 is 11.7. The highest BCUT2D eigenvalue weighted by molar-refractivity contribution is 6.35. The van der Waals surface area contributed by atoms with Gasteiger partial charge in [0.2, 0.25) is 0 Å². The minimum absolute atomic E-state index is 0.0689. The van der Waals surface area contributed by atoms with Crippen molar-refractivity contribution in [2.75, 3.05) is 13.1 Å². The number of rotatable bonds is 2. The SMILES string of the molecule is NC1CCN(Cc2cc(F)c(Cl)cc2Cl)CC1. The van der Waals surface area contributed by atoms with Gasteiger partial charge in [-0.25, -0.2) is 4.39 Å². The number of likely N-dealkylation sites (tertiary alicyclic amines) is 1. The molecule has 0 amide bonds. The number of halogens is 3. The zero-order chi connectivity index (χ0) is 12.4. The minimum Gasteiger partial charge on any atom is -0.328 e. The third-order valence-corrected chi connectivity index (χ3v) is 3.76. The number of nitrogens with two attached hydrogens (primary N) is 1. The van der Waals surface area contributed by atoms with Crippen molar-refractivity contribution in [1.29, 1.82) is 0 Å². The van der Waals surface area contributed by atoms with E-state index in [0.717, 1.165) is 31.5 Å². The number of nitrogens with zero attached hydrogens (tertiary/aromatic N) is 1. The number of piperidine rings is 1. The molecule has 1 fully saturated rings. The first-order chi connectivity index (χ1) is 8.06. The standard InChI is InChI=1S/C12H15Cl2FN2/c13-10-6-11(14)12(15)5-8(10)7-17-3-1-9(16)2-4-17/h5-6,9H,1-4,7,16H2. The lowest BCUT2D eigenvalue weighted by atomic mass is 10.1. The predicted octanol–water partition coefficient (Wildman–Crippen LogP) is 3.06. The summed E-state index contributed by atoms with van der Waals surface area (Å²) in [4.78, 5) is 2.23. The molecule has 0 spiro atoms. The quantitative estimate of drug-likeness (QED) is 0.842. The first kappa shape index (κ1) is 13.1. The van der Waals surface area contributed by atoms with E-state index in [1.165, 1.54) is 12.1 Å². The Balaban J connectivity index is 2.06. The normalized spacial score (nSPS) is 18.6. The second-order valence-corrected chi connectivity index (χ2v) is 5.29. The first-order valence-electron chi connectivity index (χ1n) is 5.67. The molecule has 0 unspecified atom stereocenters. The van der Waals surface area contributed by atoms with E-state index < -0.39 is 5.82 Å². The second-order valence-electron chi connectivity index (χ2n) is 4.47. The lowest BCUT2D eigenvalue weighted by Gasteiger charge is -2.30. The lowest BCUT2D eigenvalue weighted by molar-refractivity contribution is 0.205. The summed E-state index contributed by atoms with van der Waals surface area (Å²) in [6.45, 7) is 2.52. The summed E-state index contributed by atoms with van der Waals surface area (Å²) in [5.74, 6) is -0.417. The molecular formula is C12H15Cl2FN2. The Morgan fingerprint density at radius 2 is 1.88 bits per heavy atom. The lowest BCUT2D eigenvalue weighted by Crippen LogP contribution is -2.39. The van der Waals surface area contributed by atoms with Crippen molar-refractivity contribution in [2.45, 2.75) is 25.4 Å². The Hall–Kier alpha value is -0.350. The van der Waals surface area contributed by atoms with Crippen LogP contribution in [0.25, 0.3) is 0 Å². The van der Waals surface area contributed by atoms with Gasteiger partial charge in [-0.15, -0.1) is 0 Å². The Kier molecular flexibility index (Phi) is 4.26. The van der Waals surface area contributed by atoms with E-state index in [9.17, 15) is 4.39 Å². The fourth-order valence-corrected chi connectivity index (χ4v) is 2.48. The van der Waals surface area contributed by atoms with Gasteiger partial charge >= 0.3 is 0 Å². The maximum absolute atomic E-state index is 13.3. The van der Waals surface area contributed by atoms with Gasteiger partial charge in [-0.1, -0.05) is 23.2 Å². The van der Waals surface area contributed by atoms with Gasteiger partial charge in [-0.05, 0) is 43.6 Å². The van der Waals surface area contributed by atoms with Crippen LogP contribution in [-0.4, -0.2) is 24.0 Å². The van der Waals surface area contributed by atoms with Crippen LogP contribution in [0.3, 0.4) is 0 Å². The summed E-state index contributed by atoms with van der Waals surface area (Å²) in [5, 5.41) is 0.589. The molecule has 2 rings (SSSR count). The Morgan fingerprint density at radius 3 is 2.53 bits per heavy atom. The van der Waals surface area contributed by atoms with E-state index in [1.54, 1.807) is 0 Å². The number of hydrogen-bond donors (Lipinski definition) is 1. The highest BCUT2D eigenvalue weighted by Crippen LogP contribution is 2.26. The van der Waals surface area contributed by atoms with Crippen LogP contribution in [0.2, 0.25) is 10.0 Å². The minimum atomic E-state index is -0.417. The fourth-order valence-electron chi connectivity index (χ4n) is 2.04. The van der Waals surface area contributed by atoms with Crippen LogP contribution < -0.4 is 5.73 Å². The third kappa shape index (κ3) is 3.32. The van der Waals surface area contributed by atoms with Crippen LogP contribution in [0.5, 0.6) is 0 Å². The van der Waals surface area contributed by atoms with Crippen LogP contribution in [-0.2, 0) is 6.54 Å². The molecule has 0 aromatic heterocycles. The number of benzene rings is 1. The summed E-state index contributed by atoms with van der Waals surface area (Å²) in [7, 11) is 0. The van der Waals surface area contributed by atoms with E-state index >= 15 is 0 Å². The van der Waals surface area contributed by atoms with Crippen LogP contribution in [0.15, 0.2) is 12.1 Å². The van der Waals surface area contributed by atoms with Crippen LogP contribution in [0.4, 0.5) is 4.39 Å². The summed E-state index contributed by atoms with van der Waals surface area (Å²) in [6, 6.07) is 3.17. The summed E-state index contributed by atoms with van der Waals surface area (Å²) in [6.07, 6.45) is 1.96. The van der Waals surface area contributed by atoms with Gasteiger partial charge in [-0.3, -0.25) is 4.90 Å². The van der Waals surface area contributed by atoms with Crippen molar-refractivity contribution < 1.29 is 4.39 Å². The van der Waals surface area contributed by atoms with E-state index in [2.05, 4.69) is 4.90 Å². The average Bonchev–Trinajstić information content (AvgIpc) is 2.29. The van der Waals surface area contributed by atoms with E-state index in [4.69, 9.17) is 28.9 Å². The zero-order valence-corrected chi connectivity index (χ0v) is 10.9. The van der Waals surface area contributed by atoms with E-state index in [0.29, 0.717) is 17.6 Å². The Morgan fingerprint density at radius 1 is 1.24 bits per heavy atom. The first-order valence-corrected chi connectivity index (χ1v) is 6.43. The van der Waals surface area contributed by atoms with E-state index in [-0.39, 0.29) is 5.02 Å². The molecule has 1 aliphatic rings. The maximum Gasteiger partial charge on any atom is 0.142 e. The molecule has 1 aromatic rings. The van der Waals surface area contributed by atoms with Crippen molar-refractivity contribution in [1.82, 2.24) is 4.90 Å². The molecule has 0 aliphatic carbocycles. The number of hydrogen-bond acceptors (Lipinski definition) is 2. The van der Waals surface area contributed by atoms with Crippen LogP contribution in [0.1, 0.15) is 18.4 Å². The van der Waals surface area contributed by atoms with Gasteiger partial charge in [0.1, 0.15) is 5.82 Å². The molecule has 2 N–H and O–H groups in total. The largest absolute Gasteiger partial charge is 0.328 e. The molecule has 17 heavy (non-hydrogen) atoms. The van der Waals surface area contributed by atoms with Gasteiger partial charge in [-0.2, -0.15) is 0 Å². The maximum atomic E-state index is 13.3. The predicted molar refractivity (Wildman–Crippen MR) is 68.9 cm³/mol. The van der Waals surface area contributed by atoms with Crippen molar-refractivity contribution in [3.63, 3.8) is 0 Å². The Bertz CT molecular complexity index is 404. The highest BCUT2D eigenvalue weighted by atomic mass is 35.5. The van der Waals surface area contributed by atoms with Gasteiger partial charge in [0.05, 0.1) is 5.02 Å². The van der Waals surface area contributed by atoms with Crippen molar-refractivity contribution in [3.8, 4) is 0 Å². The molecule has 94 valence electrons. The van der Waals surface area contributed by atoms with Crippen molar-refractivity contribution >= 4 is 23.2 Å². The summed E-state index contributed by atoms with van der Waals surface area (Å²) in [5.41, 5.74) is 6.62. The van der Waals surface area contributed by atoms with Crippen LogP contribution in [0, 0.1) is 5.82 Å². The third-order valence-electron chi connectivity index (χ3n) is 3.12. The molecule has 5 heteroatoms. The highest BCUT2D eigenvalue weighted by Gasteiger charge is 2.17. The topological polar surface area (TPSA) is 29.3 Å². The summed E-state index contributed by atoms with van der Waals surface area (Å²) < 4.78 is 13.3. The van der Waals surface area contributed by atoms with E-state index in [1.807, 2.05) is 0 Å². The molecule has 1 heterocycles. The Labute approximate surface area is 110 Å². The molecule has 0 radical (unpaired) electrons. The smallest absolute Gasteiger partial charge is 0.142 e. The molecule has 1 aromatic carbocycles. The second kappa shape index (κ2) is 5.53. The zero-order valence-electron chi connectivity index (χ0n) is 9.43. The molecular weight excluding hydrogens is 262 g/mol. The van der Waals surface area contributed by atoms with Crippen LogP contribution >= 0.6 is 23.2 Å². The molecule has 0 atom stereocenters. The molecule has 2 nitrogen and oxygen atoms in total. The van der Waals surface area contributed by atoms with Gasteiger partial charge < -0.3 is 5.73 Å². The molecule has 1 saturated heterocycles. The molecule has 0 bridgehead atoms. The van der Waals surface area contributed by atoms with Gasteiger partial charge in [0.25, 0.3) is 0 Å². The van der Waals surface area contributed by atoms with Gasteiger partial charge in [0.15, 0.2) is 0 Å². The molecule has 0 saturated carbocycles. The monoisotopic (exact) mass is 276 g/mol. The van der Waals surface area contributed by atoms with Crippen molar-refractivity contribution in [3.05, 3.63) is 33.6 Å². The molecule has 1 aliphatic heterocycles.